The zero-order valence-corrected chi connectivity index (χ0v) is 13.1. The molecule has 3 rings (SSSR count). The van der Waals surface area contributed by atoms with Crippen molar-refractivity contribution < 1.29 is 9.53 Å². The molecule has 0 radical (unpaired) electrons. The second-order valence-corrected chi connectivity index (χ2v) is 6.62. The Bertz CT molecular complexity index is 658. The fraction of sp³-hybridized carbons (Fsp3) is 0.412. The molecular formula is C17H21N3O2. The molecule has 1 amide bonds. The molecule has 0 unspecified atom stereocenters. The molecule has 116 valence electrons. The lowest BCUT2D eigenvalue weighted by molar-refractivity contribution is 0.0884. The molecule has 1 aliphatic rings. The molecule has 5 heteroatoms. The number of nitrogens with one attached hydrogen (secondary N) is 1. The summed E-state index contributed by atoms with van der Waals surface area (Å²) in [5.74, 6) is 0.804. The van der Waals surface area contributed by atoms with Gasteiger partial charge < -0.3 is 14.6 Å². The molecule has 0 spiro atoms. The SMILES string of the molecule is CC(C)(C)NC(=O)O[C@@H]1C[C@@H](c2ccccc2)n2ccnc21. The summed E-state index contributed by atoms with van der Waals surface area (Å²) in [5, 5.41) is 2.83. The van der Waals surface area contributed by atoms with E-state index >= 15 is 0 Å². The minimum atomic E-state index is -0.402. The Kier molecular flexibility index (Phi) is 3.64. The number of amides is 1. The summed E-state index contributed by atoms with van der Waals surface area (Å²) >= 11 is 0. The highest BCUT2D eigenvalue weighted by Gasteiger charge is 2.35. The Morgan fingerprint density at radius 2 is 2.05 bits per heavy atom. The first-order valence-electron chi connectivity index (χ1n) is 7.50. The number of aromatic nitrogens is 2. The number of nitrogens with zero attached hydrogens (tertiary/aromatic N) is 2. The van der Waals surface area contributed by atoms with Gasteiger partial charge in [0, 0.05) is 24.4 Å². The van der Waals surface area contributed by atoms with Gasteiger partial charge in [0.1, 0.15) is 0 Å². The number of carbonyl (C=O) groups is 1. The van der Waals surface area contributed by atoms with E-state index in [4.69, 9.17) is 4.74 Å². The van der Waals surface area contributed by atoms with Gasteiger partial charge in [0.15, 0.2) is 11.9 Å². The Balaban J connectivity index is 1.78. The second kappa shape index (κ2) is 5.48. The van der Waals surface area contributed by atoms with Crippen LogP contribution in [0.3, 0.4) is 0 Å². The number of imidazole rings is 1. The largest absolute Gasteiger partial charge is 0.438 e. The minimum absolute atomic E-state index is 0.158. The van der Waals surface area contributed by atoms with Crippen LogP contribution in [0.2, 0.25) is 0 Å². The van der Waals surface area contributed by atoms with E-state index in [0.717, 1.165) is 5.82 Å². The highest BCUT2D eigenvalue weighted by atomic mass is 16.6. The van der Waals surface area contributed by atoms with Crippen LogP contribution in [0.1, 0.15) is 50.7 Å². The van der Waals surface area contributed by atoms with Crippen molar-refractivity contribution in [2.75, 3.05) is 0 Å². The standard InChI is InChI=1S/C17H21N3O2/c1-17(2,3)19-16(21)22-14-11-13(12-7-5-4-6-8-12)20-10-9-18-15(14)20/h4-10,13-14H,11H2,1-3H3,(H,19,21)/t13-,14+/m0/s1. The number of hydrogen-bond donors (Lipinski definition) is 1. The van der Waals surface area contributed by atoms with Gasteiger partial charge in [-0.15, -0.1) is 0 Å². The zero-order chi connectivity index (χ0) is 15.7. The lowest BCUT2D eigenvalue weighted by Gasteiger charge is -2.21. The molecule has 22 heavy (non-hydrogen) atoms. The lowest BCUT2D eigenvalue weighted by atomic mass is 10.0. The van der Waals surface area contributed by atoms with Crippen molar-refractivity contribution in [3.05, 3.63) is 54.1 Å². The summed E-state index contributed by atoms with van der Waals surface area (Å²) in [6, 6.07) is 10.4. The average molecular weight is 299 g/mol. The Hall–Kier alpha value is -2.30. The van der Waals surface area contributed by atoms with Crippen molar-refractivity contribution in [1.29, 1.82) is 0 Å². The van der Waals surface area contributed by atoms with E-state index < -0.39 is 6.09 Å². The number of benzene rings is 1. The molecule has 2 heterocycles. The molecule has 5 nitrogen and oxygen atoms in total. The van der Waals surface area contributed by atoms with Crippen molar-refractivity contribution in [1.82, 2.24) is 14.9 Å². The summed E-state index contributed by atoms with van der Waals surface area (Å²) < 4.78 is 7.68. The van der Waals surface area contributed by atoms with Gasteiger partial charge in [0.25, 0.3) is 0 Å². The Morgan fingerprint density at radius 1 is 1.32 bits per heavy atom. The number of hydrogen-bond acceptors (Lipinski definition) is 3. The van der Waals surface area contributed by atoms with Crippen LogP contribution in [-0.2, 0) is 4.74 Å². The fourth-order valence-electron chi connectivity index (χ4n) is 2.80. The molecule has 2 aromatic rings. The molecule has 1 aromatic heterocycles. The third-order valence-corrected chi connectivity index (χ3v) is 3.67. The van der Waals surface area contributed by atoms with Crippen molar-refractivity contribution in [3.8, 4) is 0 Å². The number of alkyl carbamates (subject to hydrolysis) is 1. The van der Waals surface area contributed by atoms with Crippen LogP contribution in [0.4, 0.5) is 4.79 Å². The Morgan fingerprint density at radius 3 is 2.73 bits per heavy atom. The van der Waals surface area contributed by atoms with Crippen LogP contribution >= 0.6 is 0 Å². The molecular weight excluding hydrogens is 278 g/mol. The van der Waals surface area contributed by atoms with E-state index in [-0.39, 0.29) is 17.7 Å². The number of carbonyl (C=O) groups excluding carboxylic acids is 1. The predicted molar refractivity (Wildman–Crippen MR) is 83.5 cm³/mol. The zero-order valence-electron chi connectivity index (χ0n) is 13.1. The van der Waals surface area contributed by atoms with E-state index in [1.165, 1.54) is 5.56 Å². The smallest absolute Gasteiger partial charge is 0.408 e. The molecule has 0 saturated carbocycles. The van der Waals surface area contributed by atoms with Crippen LogP contribution in [0, 0.1) is 0 Å². The average Bonchev–Trinajstić information content (AvgIpc) is 3.01. The highest BCUT2D eigenvalue weighted by Crippen LogP contribution is 2.39. The first kappa shape index (κ1) is 14.6. The van der Waals surface area contributed by atoms with Crippen LogP contribution < -0.4 is 5.32 Å². The lowest BCUT2D eigenvalue weighted by Crippen LogP contribution is -2.41. The first-order valence-corrected chi connectivity index (χ1v) is 7.50. The van der Waals surface area contributed by atoms with Crippen molar-refractivity contribution in [2.24, 2.45) is 0 Å². The molecule has 1 aliphatic heterocycles. The van der Waals surface area contributed by atoms with Gasteiger partial charge in [-0.2, -0.15) is 0 Å². The van der Waals surface area contributed by atoms with Gasteiger partial charge in [-0.05, 0) is 26.3 Å². The summed E-state index contributed by atoms with van der Waals surface area (Å²) in [6.45, 7) is 5.78. The summed E-state index contributed by atoms with van der Waals surface area (Å²) in [7, 11) is 0. The molecule has 0 bridgehead atoms. The van der Waals surface area contributed by atoms with Crippen molar-refractivity contribution in [3.63, 3.8) is 0 Å². The number of rotatable bonds is 2. The van der Waals surface area contributed by atoms with Gasteiger partial charge in [0.2, 0.25) is 0 Å². The first-order chi connectivity index (χ1) is 10.4. The minimum Gasteiger partial charge on any atom is -0.438 e. The number of fused-ring (bicyclic) bond motifs is 1. The quantitative estimate of drug-likeness (QED) is 0.924. The van der Waals surface area contributed by atoms with Gasteiger partial charge in [0.05, 0.1) is 6.04 Å². The third kappa shape index (κ3) is 2.98. The Labute approximate surface area is 130 Å². The van der Waals surface area contributed by atoms with Gasteiger partial charge in [-0.25, -0.2) is 9.78 Å². The third-order valence-electron chi connectivity index (χ3n) is 3.67. The van der Waals surface area contributed by atoms with Crippen LogP contribution in [0.15, 0.2) is 42.7 Å². The van der Waals surface area contributed by atoms with Gasteiger partial charge in [-0.1, -0.05) is 30.3 Å². The van der Waals surface area contributed by atoms with E-state index in [1.54, 1.807) is 6.20 Å². The molecule has 0 fully saturated rings. The maximum absolute atomic E-state index is 12.0. The molecule has 0 aliphatic carbocycles. The monoisotopic (exact) mass is 299 g/mol. The topological polar surface area (TPSA) is 56.1 Å². The molecule has 2 atom stereocenters. The van der Waals surface area contributed by atoms with Crippen molar-refractivity contribution >= 4 is 6.09 Å². The van der Waals surface area contributed by atoms with E-state index in [9.17, 15) is 4.79 Å². The number of ether oxygens (including phenoxy) is 1. The van der Waals surface area contributed by atoms with Gasteiger partial charge in [-0.3, -0.25) is 0 Å². The second-order valence-electron chi connectivity index (χ2n) is 6.62. The predicted octanol–water partition coefficient (Wildman–Crippen LogP) is 3.44. The summed E-state index contributed by atoms with van der Waals surface area (Å²) in [5.41, 5.74) is 0.883. The molecule has 0 saturated heterocycles. The highest BCUT2D eigenvalue weighted by molar-refractivity contribution is 5.68. The van der Waals surface area contributed by atoms with Crippen LogP contribution in [0.25, 0.3) is 0 Å². The van der Waals surface area contributed by atoms with E-state index in [1.807, 2.05) is 45.2 Å². The molecule has 1 aromatic carbocycles. The maximum atomic E-state index is 12.0. The fourth-order valence-corrected chi connectivity index (χ4v) is 2.80. The van der Waals surface area contributed by atoms with Crippen molar-refractivity contribution in [2.45, 2.75) is 44.9 Å². The van der Waals surface area contributed by atoms with Crippen LogP contribution in [0.5, 0.6) is 0 Å². The van der Waals surface area contributed by atoms with Crippen LogP contribution in [-0.4, -0.2) is 21.2 Å². The maximum Gasteiger partial charge on any atom is 0.408 e. The molecule has 1 N–H and O–H groups in total. The van der Waals surface area contributed by atoms with Gasteiger partial charge >= 0.3 is 6.09 Å². The van der Waals surface area contributed by atoms with E-state index in [0.29, 0.717) is 6.42 Å². The van der Waals surface area contributed by atoms with E-state index in [2.05, 4.69) is 27.0 Å². The summed E-state index contributed by atoms with van der Waals surface area (Å²) in [6.07, 6.45) is 3.69. The normalized spacial score (nSPS) is 20.5. The summed E-state index contributed by atoms with van der Waals surface area (Å²) in [4.78, 5) is 16.4.